The van der Waals surface area contributed by atoms with Crippen LogP contribution in [0.2, 0.25) is 0 Å². The van der Waals surface area contributed by atoms with E-state index in [1.807, 2.05) is 23.7 Å². The Balaban J connectivity index is 1.69. The second kappa shape index (κ2) is 7.98. The molecule has 0 atom stereocenters. The molecule has 0 saturated carbocycles. The van der Waals surface area contributed by atoms with Crippen LogP contribution in [0.15, 0.2) is 52.2 Å². The first kappa shape index (κ1) is 17.2. The Kier molecular flexibility index (Phi) is 5.50. The van der Waals surface area contributed by atoms with Gasteiger partial charge in [0, 0.05) is 25.8 Å². The minimum Gasteiger partial charge on any atom is -0.352 e. The van der Waals surface area contributed by atoms with Crippen LogP contribution in [-0.2, 0) is 13.1 Å². The van der Waals surface area contributed by atoms with E-state index in [4.69, 9.17) is 0 Å². The van der Waals surface area contributed by atoms with Crippen molar-refractivity contribution in [1.82, 2.24) is 20.4 Å². The average molecular weight is 353 g/mol. The van der Waals surface area contributed by atoms with E-state index in [0.29, 0.717) is 6.54 Å². The third-order valence-electron chi connectivity index (χ3n) is 3.94. The van der Waals surface area contributed by atoms with Crippen LogP contribution >= 0.6 is 11.3 Å². The third kappa shape index (κ3) is 4.28. The van der Waals surface area contributed by atoms with E-state index in [0.717, 1.165) is 29.6 Å². The summed E-state index contributed by atoms with van der Waals surface area (Å²) in [6.07, 6.45) is 0. The highest BCUT2D eigenvalue weighted by Crippen LogP contribution is 2.16. The molecule has 130 valence electrons. The standard InChI is InChI=1S/C19H23N5S/c1-14-10-15(2)24(23-14)18-7-5-4-6-17(18)12-22-19(20-3)21-11-16-8-9-25-13-16/h4-10,13H,11-12H2,1-3H3,(H2,20,21,22). The van der Waals surface area contributed by atoms with Gasteiger partial charge in [-0.15, -0.1) is 0 Å². The van der Waals surface area contributed by atoms with Crippen molar-refractivity contribution in [3.63, 3.8) is 0 Å². The van der Waals surface area contributed by atoms with Crippen molar-refractivity contribution in [3.8, 4) is 5.69 Å². The van der Waals surface area contributed by atoms with Crippen molar-refractivity contribution in [2.24, 2.45) is 4.99 Å². The molecule has 1 aromatic carbocycles. The van der Waals surface area contributed by atoms with E-state index in [-0.39, 0.29) is 0 Å². The number of guanidine groups is 1. The van der Waals surface area contributed by atoms with Crippen LogP contribution in [0.4, 0.5) is 0 Å². The molecule has 2 heterocycles. The third-order valence-corrected chi connectivity index (χ3v) is 4.67. The largest absolute Gasteiger partial charge is 0.352 e. The number of rotatable bonds is 5. The number of nitrogens with one attached hydrogen (secondary N) is 2. The average Bonchev–Trinajstić information content (AvgIpc) is 3.24. The van der Waals surface area contributed by atoms with Gasteiger partial charge in [-0.3, -0.25) is 4.99 Å². The summed E-state index contributed by atoms with van der Waals surface area (Å²) in [5.74, 6) is 0.786. The van der Waals surface area contributed by atoms with E-state index in [9.17, 15) is 0 Å². The molecule has 25 heavy (non-hydrogen) atoms. The predicted molar refractivity (Wildman–Crippen MR) is 104 cm³/mol. The van der Waals surface area contributed by atoms with Gasteiger partial charge in [0.1, 0.15) is 0 Å². The summed E-state index contributed by atoms with van der Waals surface area (Å²) in [6, 6.07) is 12.5. The van der Waals surface area contributed by atoms with E-state index >= 15 is 0 Å². The molecule has 0 bridgehead atoms. The maximum absolute atomic E-state index is 4.60. The fourth-order valence-corrected chi connectivity index (χ4v) is 3.39. The van der Waals surface area contributed by atoms with Gasteiger partial charge in [-0.2, -0.15) is 16.4 Å². The molecule has 5 nitrogen and oxygen atoms in total. The maximum atomic E-state index is 4.60. The van der Waals surface area contributed by atoms with Gasteiger partial charge in [0.25, 0.3) is 0 Å². The van der Waals surface area contributed by atoms with Gasteiger partial charge in [0.2, 0.25) is 0 Å². The van der Waals surface area contributed by atoms with Crippen molar-refractivity contribution in [2.75, 3.05) is 7.05 Å². The Morgan fingerprint density at radius 2 is 1.96 bits per heavy atom. The molecule has 0 aliphatic rings. The Morgan fingerprint density at radius 3 is 2.64 bits per heavy atom. The quantitative estimate of drug-likeness (QED) is 0.546. The summed E-state index contributed by atoms with van der Waals surface area (Å²) < 4.78 is 1.99. The highest BCUT2D eigenvalue weighted by Gasteiger charge is 2.09. The van der Waals surface area contributed by atoms with Gasteiger partial charge in [0.05, 0.1) is 11.4 Å². The Bertz CT molecular complexity index is 849. The van der Waals surface area contributed by atoms with Gasteiger partial charge in [-0.05, 0) is 53.9 Å². The highest BCUT2D eigenvalue weighted by atomic mass is 32.1. The maximum Gasteiger partial charge on any atom is 0.191 e. The van der Waals surface area contributed by atoms with Crippen LogP contribution < -0.4 is 10.6 Å². The molecule has 0 aliphatic heterocycles. The van der Waals surface area contributed by atoms with Gasteiger partial charge in [-0.1, -0.05) is 18.2 Å². The molecule has 3 aromatic rings. The molecule has 0 spiro atoms. The molecule has 6 heteroatoms. The van der Waals surface area contributed by atoms with Crippen LogP contribution in [0.5, 0.6) is 0 Å². The van der Waals surface area contributed by atoms with Crippen LogP contribution in [0.25, 0.3) is 5.69 Å². The number of hydrogen-bond acceptors (Lipinski definition) is 3. The molecule has 0 amide bonds. The van der Waals surface area contributed by atoms with E-state index < -0.39 is 0 Å². The smallest absolute Gasteiger partial charge is 0.191 e. The minimum atomic E-state index is 0.678. The van der Waals surface area contributed by atoms with Crippen LogP contribution in [0, 0.1) is 13.8 Å². The number of aryl methyl sites for hydroxylation is 2. The Morgan fingerprint density at radius 1 is 1.16 bits per heavy atom. The molecule has 0 aliphatic carbocycles. The van der Waals surface area contributed by atoms with Crippen LogP contribution in [-0.4, -0.2) is 22.8 Å². The van der Waals surface area contributed by atoms with Gasteiger partial charge in [-0.25, -0.2) is 4.68 Å². The number of para-hydroxylation sites is 1. The van der Waals surface area contributed by atoms with Crippen molar-refractivity contribution in [3.05, 3.63) is 69.7 Å². The fraction of sp³-hybridized carbons (Fsp3) is 0.263. The number of benzene rings is 1. The highest BCUT2D eigenvalue weighted by molar-refractivity contribution is 7.07. The number of aliphatic imine (C=N–C) groups is 1. The van der Waals surface area contributed by atoms with Crippen molar-refractivity contribution in [1.29, 1.82) is 0 Å². The molecule has 3 rings (SSSR count). The summed E-state index contributed by atoms with van der Waals surface area (Å²) in [5.41, 5.74) is 5.68. The van der Waals surface area contributed by atoms with E-state index in [2.05, 4.69) is 62.7 Å². The molecule has 0 radical (unpaired) electrons. The van der Waals surface area contributed by atoms with E-state index in [1.165, 1.54) is 11.1 Å². The monoisotopic (exact) mass is 353 g/mol. The van der Waals surface area contributed by atoms with Gasteiger partial charge < -0.3 is 10.6 Å². The SMILES string of the molecule is CN=C(NCc1ccsc1)NCc1ccccc1-n1nc(C)cc1C. The van der Waals surface area contributed by atoms with E-state index in [1.54, 1.807) is 18.4 Å². The summed E-state index contributed by atoms with van der Waals surface area (Å²) in [5, 5.41) is 15.5. The zero-order valence-corrected chi connectivity index (χ0v) is 15.6. The topological polar surface area (TPSA) is 54.2 Å². The first-order valence-corrected chi connectivity index (χ1v) is 9.19. The molecular weight excluding hydrogens is 330 g/mol. The molecule has 2 N–H and O–H groups in total. The zero-order chi connectivity index (χ0) is 17.6. The van der Waals surface area contributed by atoms with Gasteiger partial charge in [0.15, 0.2) is 5.96 Å². The second-order valence-corrected chi connectivity index (χ2v) is 6.66. The predicted octanol–water partition coefficient (Wildman–Crippen LogP) is 3.42. The fourth-order valence-electron chi connectivity index (χ4n) is 2.72. The van der Waals surface area contributed by atoms with Crippen molar-refractivity contribution in [2.45, 2.75) is 26.9 Å². The summed E-state index contributed by atoms with van der Waals surface area (Å²) >= 11 is 1.70. The second-order valence-electron chi connectivity index (χ2n) is 5.88. The first-order valence-electron chi connectivity index (χ1n) is 8.24. The summed E-state index contributed by atoms with van der Waals surface area (Å²) in [7, 11) is 1.79. The zero-order valence-electron chi connectivity index (χ0n) is 14.8. The van der Waals surface area contributed by atoms with Crippen molar-refractivity contribution < 1.29 is 0 Å². The lowest BCUT2D eigenvalue weighted by Crippen LogP contribution is -2.36. The van der Waals surface area contributed by atoms with Crippen molar-refractivity contribution >= 4 is 17.3 Å². The van der Waals surface area contributed by atoms with Crippen LogP contribution in [0.3, 0.4) is 0 Å². The Labute approximate surface area is 152 Å². The Hall–Kier alpha value is -2.60. The first-order chi connectivity index (χ1) is 12.2. The lowest BCUT2D eigenvalue weighted by molar-refractivity contribution is 0.782. The summed E-state index contributed by atoms with van der Waals surface area (Å²) in [4.78, 5) is 4.30. The lowest BCUT2D eigenvalue weighted by atomic mass is 10.1. The summed E-state index contributed by atoms with van der Waals surface area (Å²) in [6.45, 7) is 5.53. The number of hydrogen-bond donors (Lipinski definition) is 2. The molecule has 0 unspecified atom stereocenters. The van der Waals surface area contributed by atoms with Gasteiger partial charge >= 0.3 is 0 Å². The molecule has 0 saturated heterocycles. The number of thiophene rings is 1. The molecular formula is C19H23N5S. The number of aromatic nitrogens is 2. The molecule has 0 fully saturated rings. The number of nitrogens with zero attached hydrogens (tertiary/aromatic N) is 3. The lowest BCUT2D eigenvalue weighted by Gasteiger charge is -2.15. The normalized spacial score (nSPS) is 11.6. The minimum absolute atomic E-state index is 0.678. The van der Waals surface area contributed by atoms with Crippen LogP contribution in [0.1, 0.15) is 22.5 Å². The molecule has 2 aromatic heterocycles.